The normalized spacial score (nSPS) is 22.0. The average Bonchev–Trinajstić information content (AvgIpc) is 2.60. The Morgan fingerprint density at radius 2 is 2.12 bits per heavy atom. The van der Waals surface area contributed by atoms with E-state index in [4.69, 9.17) is 9.47 Å². The molecular formula is C18H21FN4O2. The van der Waals surface area contributed by atoms with Crippen LogP contribution in [0.1, 0.15) is 24.0 Å². The molecule has 0 saturated carbocycles. The van der Waals surface area contributed by atoms with Crippen molar-refractivity contribution < 1.29 is 13.9 Å². The molecule has 0 amide bonds. The molecule has 1 unspecified atom stereocenters. The lowest BCUT2D eigenvalue weighted by Gasteiger charge is -2.52. The first-order valence-corrected chi connectivity index (χ1v) is 8.51. The Bertz CT molecular complexity index is 734. The number of hydrogen-bond donors (Lipinski definition) is 0. The molecule has 0 aliphatic carbocycles. The SMILES string of the molecule is Cc1ccncc1COC1CCOC2(C1)CN(c1ncc(F)cn1)C2. The summed E-state index contributed by atoms with van der Waals surface area (Å²) in [6.07, 6.45) is 7.96. The minimum absolute atomic E-state index is 0.171. The van der Waals surface area contributed by atoms with Crippen LogP contribution in [0.15, 0.2) is 30.9 Å². The van der Waals surface area contributed by atoms with E-state index in [1.54, 1.807) is 6.20 Å². The first-order chi connectivity index (χ1) is 12.1. The number of aryl methyl sites for hydroxylation is 1. The summed E-state index contributed by atoms with van der Waals surface area (Å²) < 4.78 is 25.1. The Hall–Kier alpha value is -2.12. The fraction of sp³-hybridized carbons (Fsp3) is 0.500. The van der Waals surface area contributed by atoms with Crippen LogP contribution in [0.5, 0.6) is 0 Å². The van der Waals surface area contributed by atoms with E-state index in [0.717, 1.165) is 18.4 Å². The predicted molar refractivity (Wildman–Crippen MR) is 89.7 cm³/mol. The Balaban J connectivity index is 1.33. The molecular weight excluding hydrogens is 323 g/mol. The summed E-state index contributed by atoms with van der Waals surface area (Å²) in [4.78, 5) is 14.2. The molecule has 2 aliphatic heterocycles. The summed E-state index contributed by atoms with van der Waals surface area (Å²) in [5, 5.41) is 0. The van der Waals surface area contributed by atoms with E-state index in [9.17, 15) is 4.39 Å². The summed E-state index contributed by atoms with van der Waals surface area (Å²) >= 11 is 0. The quantitative estimate of drug-likeness (QED) is 0.848. The minimum Gasteiger partial charge on any atom is -0.373 e. The summed E-state index contributed by atoms with van der Waals surface area (Å²) in [6, 6.07) is 2.00. The van der Waals surface area contributed by atoms with Crippen molar-refractivity contribution in [1.82, 2.24) is 15.0 Å². The topological polar surface area (TPSA) is 60.4 Å². The lowest BCUT2D eigenvalue weighted by atomic mass is 9.85. The highest BCUT2D eigenvalue weighted by Crippen LogP contribution is 2.37. The number of halogens is 1. The predicted octanol–water partition coefficient (Wildman–Crippen LogP) is 2.27. The summed E-state index contributed by atoms with van der Waals surface area (Å²) in [5.41, 5.74) is 2.11. The highest BCUT2D eigenvalue weighted by molar-refractivity contribution is 5.37. The molecule has 25 heavy (non-hydrogen) atoms. The van der Waals surface area contributed by atoms with Crippen molar-refractivity contribution in [1.29, 1.82) is 0 Å². The van der Waals surface area contributed by atoms with Crippen LogP contribution in [0.3, 0.4) is 0 Å². The van der Waals surface area contributed by atoms with E-state index in [2.05, 4.69) is 21.9 Å². The molecule has 0 N–H and O–H groups in total. The number of rotatable bonds is 4. The fourth-order valence-electron chi connectivity index (χ4n) is 3.46. The monoisotopic (exact) mass is 344 g/mol. The van der Waals surface area contributed by atoms with E-state index in [1.807, 2.05) is 17.2 Å². The van der Waals surface area contributed by atoms with Gasteiger partial charge in [-0.15, -0.1) is 0 Å². The van der Waals surface area contributed by atoms with Crippen LogP contribution in [-0.2, 0) is 16.1 Å². The zero-order valence-corrected chi connectivity index (χ0v) is 14.2. The summed E-state index contributed by atoms with van der Waals surface area (Å²) in [7, 11) is 0. The molecule has 2 aromatic rings. The molecule has 4 heterocycles. The molecule has 7 heteroatoms. The van der Waals surface area contributed by atoms with Gasteiger partial charge in [0.25, 0.3) is 0 Å². The Morgan fingerprint density at radius 1 is 1.32 bits per heavy atom. The van der Waals surface area contributed by atoms with Gasteiger partial charge in [-0.25, -0.2) is 14.4 Å². The Morgan fingerprint density at radius 3 is 2.88 bits per heavy atom. The highest BCUT2D eigenvalue weighted by Gasteiger charge is 2.48. The maximum atomic E-state index is 12.9. The van der Waals surface area contributed by atoms with Crippen LogP contribution in [0, 0.1) is 12.7 Å². The highest BCUT2D eigenvalue weighted by atomic mass is 19.1. The molecule has 4 rings (SSSR count). The molecule has 0 aromatic carbocycles. The van der Waals surface area contributed by atoms with Gasteiger partial charge in [-0.05, 0) is 30.5 Å². The van der Waals surface area contributed by atoms with Gasteiger partial charge in [-0.1, -0.05) is 0 Å². The third-order valence-corrected chi connectivity index (χ3v) is 4.92. The summed E-state index contributed by atoms with van der Waals surface area (Å²) in [5.74, 6) is 0.122. The molecule has 2 saturated heterocycles. The van der Waals surface area contributed by atoms with Gasteiger partial charge >= 0.3 is 0 Å². The van der Waals surface area contributed by atoms with Crippen molar-refractivity contribution in [2.75, 3.05) is 24.6 Å². The number of anilines is 1. The average molecular weight is 344 g/mol. The van der Waals surface area contributed by atoms with Crippen LogP contribution in [0.4, 0.5) is 10.3 Å². The Kier molecular flexibility index (Phi) is 4.35. The largest absolute Gasteiger partial charge is 0.373 e. The van der Waals surface area contributed by atoms with Crippen molar-refractivity contribution in [3.63, 3.8) is 0 Å². The molecule has 132 valence electrons. The van der Waals surface area contributed by atoms with Gasteiger partial charge in [0, 0.05) is 25.4 Å². The lowest BCUT2D eigenvalue weighted by Crippen LogP contribution is -2.66. The second kappa shape index (κ2) is 6.65. The van der Waals surface area contributed by atoms with E-state index in [0.29, 0.717) is 32.3 Å². The molecule has 1 atom stereocenters. The standard InChI is InChI=1S/C18H21FN4O2/c1-13-2-4-20-7-14(13)10-24-16-3-5-25-18(6-16)11-23(12-18)17-21-8-15(19)9-22-17/h2,4,7-9,16H,3,5-6,10-12H2,1H3. The fourth-order valence-corrected chi connectivity index (χ4v) is 3.46. The molecule has 6 nitrogen and oxygen atoms in total. The van der Waals surface area contributed by atoms with Gasteiger partial charge in [0.1, 0.15) is 5.60 Å². The van der Waals surface area contributed by atoms with Crippen molar-refractivity contribution in [3.05, 3.63) is 47.8 Å². The van der Waals surface area contributed by atoms with Gasteiger partial charge in [0.15, 0.2) is 5.82 Å². The zero-order valence-electron chi connectivity index (χ0n) is 14.2. The van der Waals surface area contributed by atoms with Gasteiger partial charge in [0.05, 0.1) is 38.2 Å². The smallest absolute Gasteiger partial charge is 0.225 e. The third kappa shape index (κ3) is 3.48. The zero-order chi connectivity index (χ0) is 17.3. The van der Waals surface area contributed by atoms with Gasteiger partial charge in [0.2, 0.25) is 5.95 Å². The van der Waals surface area contributed by atoms with Crippen molar-refractivity contribution in [2.45, 2.75) is 38.1 Å². The molecule has 0 bridgehead atoms. The van der Waals surface area contributed by atoms with Gasteiger partial charge in [-0.2, -0.15) is 0 Å². The van der Waals surface area contributed by atoms with Crippen LogP contribution >= 0.6 is 0 Å². The van der Waals surface area contributed by atoms with Crippen LogP contribution in [0.25, 0.3) is 0 Å². The molecule has 1 spiro atoms. The molecule has 2 aliphatic rings. The number of nitrogens with zero attached hydrogens (tertiary/aromatic N) is 4. The van der Waals surface area contributed by atoms with Crippen molar-refractivity contribution in [2.24, 2.45) is 0 Å². The van der Waals surface area contributed by atoms with Crippen molar-refractivity contribution >= 4 is 5.95 Å². The number of aromatic nitrogens is 3. The maximum Gasteiger partial charge on any atom is 0.225 e. The number of ether oxygens (including phenoxy) is 2. The molecule has 0 radical (unpaired) electrons. The van der Waals surface area contributed by atoms with E-state index < -0.39 is 5.82 Å². The second-order valence-electron chi connectivity index (χ2n) is 6.82. The van der Waals surface area contributed by atoms with Crippen molar-refractivity contribution in [3.8, 4) is 0 Å². The van der Waals surface area contributed by atoms with E-state index >= 15 is 0 Å². The van der Waals surface area contributed by atoms with Gasteiger partial charge in [-0.3, -0.25) is 4.98 Å². The van der Waals surface area contributed by atoms with Crippen LogP contribution in [-0.4, -0.2) is 46.4 Å². The summed E-state index contributed by atoms with van der Waals surface area (Å²) in [6.45, 7) is 4.76. The third-order valence-electron chi connectivity index (χ3n) is 4.92. The van der Waals surface area contributed by atoms with Crippen LogP contribution < -0.4 is 4.90 Å². The molecule has 2 fully saturated rings. The Labute approximate surface area is 146 Å². The first-order valence-electron chi connectivity index (χ1n) is 8.51. The number of pyridine rings is 1. The minimum atomic E-state index is -0.424. The van der Waals surface area contributed by atoms with E-state index in [1.165, 1.54) is 18.0 Å². The maximum absolute atomic E-state index is 12.9. The van der Waals surface area contributed by atoms with Crippen LogP contribution in [0.2, 0.25) is 0 Å². The number of hydrogen-bond acceptors (Lipinski definition) is 6. The first kappa shape index (κ1) is 16.4. The lowest BCUT2D eigenvalue weighted by molar-refractivity contribution is -0.148. The molecule has 2 aromatic heterocycles. The van der Waals surface area contributed by atoms with E-state index in [-0.39, 0.29) is 11.7 Å². The van der Waals surface area contributed by atoms with Gasteiger partial charge < -0.3 is 14.4 Å². The second-order valence-corrected chi connectivity index (χ2v) is 6.82.